The fourth-order valence-electron chi connectivity index (χ4n) is 2.54. The summed E-state index contributed by atoms with van der Waals surface area (Å²) in [6, 6.07) is 7.95. The number of benzene rings is 1. The molecule has 0 bridgehead atoms. The van der Waals surface area contributed by atoms with E-state index in [0.29, 0.717) is 35.1 Å². The largest absolute Gasteiger partial charge is 0.475 e. The first-order chi connectivity index (χ1) is 13.0. The summed E-state index contributed by atoms with van der Waals surface area (Å²) in [6.45, 7) is 1.65. The number of aromatic nitrogens is 1. The van der Waals surface area contributed by atoms with Crippen LogP contribution in [-0.4, -0.2) is 48.2 Å². The molecule has 2 heterocycles. The molecule has 0 saturated carbocycles. The fourth-order valence-corrected chi connectivity index (χ4v) is 3.04. The van der Waals surface area contributed by atoms with Crippen molar-refractivity contribution in [2.75, 3.05) is 26.3 Å². The molecule has 1 unspecified atom stereocenters. The van der Waals surface area contributed by atoms with E-state index in [2.05, 4.69) is 20.9 Å². The maximum Gasteiger partial charge on any atom is 0.246 e. The quantitative estimate of drug-likeness (QED) is 0.641. The van der Waals surface area contributed by atoms with Crippen LogP contribution in [0.4, 0.5) is 4.39 Å². The minimum atomic E-state index is -0.343. The molecule has 0 radical (unpaired) electrons. The summed E-state index contributed by atoms with van der Waals surface area (Å²) < 4.78 is 24.9. The van der Waals surface area contributed by atoms with E-state index in [9.17, 15) is 9.18 Å². The zero-order valence-corrected chi connectivity index (χ0v) is 16.6. The summed E-state index contributed by atoms with van der Waals surface area (Å²) in [5.74, 6) is -0.0220. The predicted molar refractivity (Wildman–Crippen MR) is 104 cm³/mol. The van der Waals surface area contributed by atoms with E-state index in [4.69, 9.17) is 21.1 Å². The molecule has 1 atom stereocenters. The molecular weight excluding hydrogens is 439 g/mol. The molecule has 2 aromatic rings. The Bertz CT molecular complexity index is 832. The van der Waals surface area contributed by atoms with Gasteiger partial charge in [0.1, 0.15) is 18.5 Å². The highest BCUT2D eigenvalue weighted by atomic mass is 79.9. The molecule has 0 N–H and O–H groups in total. The molecule has 142 valence electrons. The van der Waals surface area contributed by atoms with Crippen LogP contribution in [0.25, 0.3) is 6.08 Å². The van der Waals surface area contributed by atoms with Gasteiger partial charge in [0.25, 0.3) is 0 Å². The fraction of sp³-hybridized carbons (Fsp3) is 0.263. The molecule has 1 saturated heterocycles. The molecule has 27 heavy (non-hydrogen) atoms. The summed E-state index contributed by atoms with van der Waals surface area (Å²) in [4.78, 5) is 18.2. The summed E-state index contributed by atoms with van der Waals surface area (Å²) >= 11 is 8.92. The molecule has 0 aliphatic carbocycles. The van der Waals surface area contributed by atoms with Crippen LogP contribution in [0, 0.1) is 5.82 Å². The van der Waals surface area contributed by atoms with Gasteiger partial charge in [-0.3, -0.25) is 4.79 Å². The minimum absolute atomic E-state index is 0.131. The third kappa shape index (κ3) is 5.76. The summed E-state index contributed by atoms with van der Waals surface area (Å²) in [6.07, 6.45) is 4.40. The van der Waals surface area contributed by atoms with Crippen LogP contribution < -0.4 is 4.74 Å². The van der Waals surface area contributed by atoms with E-state index < -0.39 is 0 Å². The van der Waals surface area contributed by atoms with Crippen molar-refractivity contribution >= 4 is 39.5 Å². The SMILES string of the molecule is O=C(C=Cc1ccc(F)c(Br)c1)N1CCOC(COc2ccc(Cl)cn2)C1. The molecule has 1 aromatic carbocycles. The number of nitrogens with zero attached hydrogens (tertiary/aromatic N) is 2. The van der Waals surface area contributed by atoms with Crippen LogP contribution in [-0.2, 0) is 9.53 Å². The highest BCUT2D eigenvalue weighted by molar-refractivity contribution is 9.10. The molecule has 1 aliphatic rings. The molecule has 0 spiro atoms. The van der Waals surface area contributed by atoms with Gasteiger partial charge in [-0.2, -0.15) is 0 Å². The van der Waals surface area contributed by atoms with Crippen molar-refractivity contribution < 1.29 is 18.7 Å². The average Bonchev–Trinajstić information content (AvgIpc) is 2.68. The topological polar surface area (TPSA) is 51.7 Å². The average molecular weight is 456 g/mol. The number of carbonyl (C=O) groups excluding carboxylic acids is 1. The van der Waals surface area contributed by atoms with Gasteiger partial charge in [-0.15, -0.1) is 0 Å². The molecule has 8 heteroatoms. The molecule has 3 rings (SSSR count). The minimum Gasteiger partial charge on any atom is -0.475 e. The number of hydrogen-bond acceptors (Lipinski definition) is 4. The first kappa shape index (κ1) is 19.8. The Morgan fingerprint density at radius 1 is 1.44 bits per heavy atom. The van der Waals surface area contributed by atoms with Gasteiger partial charge in [0, 0.05) is 24.9 Å². The first-order valence-corrected chi connectivity index (χ1v) is 9.46. The van der Waals surface area contributed by atoms with Crippen LogP contribution in [0.1, 0.15) is 5.56 Å². The lowest BCUT2D eigenvalue weighted by molar-refractivity contribution is -0.134. The predicted octanol–water partition coefficient (Wildman–Crippen LogP) is 3.96. The van der Waals surface area contributed by atoms with Gasteiger partial charge in [0.05, 0.1) is 22.6 Å². The Morgan fingerprint density at radius 3 is 3.04 bits per heavy atom. The van der Waals surface area contributed by atoms with Crippen LogP contribution in [0.3, 0.4) is 0 Å². The van der Waals surface area contributed by atoms with Gasteiger partial charge in [-0.25, -0.2) is 9.37 Å². The Balaban J connectivity index is 1.53. The lowest BCUT2D eigenvalue weighted by Crippen LogP contribution is -2.47. The normalized spacial score (nSPS) is 17.3. The Morgan fingerprint density at radius 2 is 2.30 bits per heavy atom. The third-order valence-electron chi connectivity index (χ3n) is 3.93. The lowest BCUT2D eigenvalue weighted by Gasteiger charge is -2.32. The number of halogens is 3. The van der Waals surface area contributed by atoms with Crippen LogP contribution in [0.2, 0.25) is 5.02 Å². The summed E-state index contributed by atoms with van der Waals surface area (Å²) in [7, 11) is 0. The lowest BCUT2D eigenvalue weighted by atomic mass is 10.2. The van der Waals surface area contributed by atoms with Crippen LogP contribution in [0.5, 0.6) is 5.88 Å². The van der Waals surface area contributed by atoms with E-state index in [0.717, 1.165) is 5.56 Å². The standard InChI is InChI=1S/C19H17BrClFN2O3/c20-16-9-13(1-4-17(16)22)2-6-19(25)24-7-8-26-15(11-24)12-27-18-5-3-14(21)10-23-18/h1-6,9-10,15H,7-8,11-12H2. The number of carbonyl (C=O) groups is 1. The van der Waals surface area contributed by atoms with Gasteiger partial charge < -0.3 is 14.4 Å². The van der Waals surface area contributed by atoms with Crippen LogP contribution >= 0.6 is 27.5 Å². The monoisotopic (exact) mass is 454 g/mol. The molecule has 1 amide bonds. The second kappa shape index (κ2) is 9.30. The van der Waals surface area contributed by atoms with Gasteiger partial charge in [0.15, 0.2) is 0 Å². The highest BCUT2D eigenvalue weighted by Crippen LogP contribution is 2.18. The maximum absolute atomic E-state index is 13.3. The smallest absolute Gasteiger partial charge is 0.246 e. The van der Waals surface area contributed by atoms with Crippen molar-refractivity contribution in [3.63, 3.8) is 0 Å². The Kier molecular flexibility index (Phi) is 6.82. The first-order valence-electron chi connectivity index (χ1n) is 8.29. The van der Waals surface area contributed by atoms with E-state index in [-0.39, 0.29) is 24.4 Å². The van der Waals surface area contributed by atoms with Crippen molar-refractivity contribution in [3.05, 3.63) is 63.5 Å². The van der Waals surface area contributed by atoms with Crippen molar-refractivity contribution in [1.29, 1.82) is 0 Å². The number of amides is 1. The second-order valence-electron chi connectivity index (χ2n) is 5.91. The third-order valence-corrected chi connectivity index (χ3v) is 4.76. The molecular formula is C19H17BrClFN2O3. The number of hydrogen-bond donors (Lipinski definition) is 0. The van der Waals surface area contributed by atoms with E-state index in [1.807, 2.05) is 0 Å². The van der Waals surface area contributed by atoms with Gasteiger partial charge in [0.2, 0.25) is 11.8 Å². The summed E-state index contributed by atoms with van der Waals surface area (Å²) in [5.41, 5.74) is 0.735. The Labute approximate surface area is 169 Å². The maximum atomic E-state index is 13.3. The zero-order valence-electron chi connectivity index (χ0n) is 14.3. The van der Waals surface area contributed by atoms with Crippen molar-refractivity contribution in [2.45, 2.75) is 6.10 Å². The number of pyridine rings is 1. The van der Waals surface area contributed by atoms with Gasteiger partial charge in [-0.1, -0.05) is 17.7 Å². The van der Waals surface area contributed by atoms with E-state index in [1.54, 1.807) is 35.2 Å². The van der Waals surface area contributed by atoms with Crippen LogP contribution in [0.15, 0.2) is 47.1 Å². The van der Waals surface area contributed by atoms with Crippen molar-refractivity contribution in [1.82, 2.24) is 9.88 Å². The highest BCUT2D eigenvalue weighted by Gasteiger charge is 2.23. The van der Waals surface area contributed by atoms with Gasteiger partial charge >= 0.3 is 0 Å². The van der Waals surface area contributed by atoms with Gasteiger partial charge in [-0.05, 0) is 45.8 Å². The molecule has 1 aliphatic heterocycles. The number of ether oxygens (including phenoxy) is 2. The van der Waals surface area contributed by atoms with Crippen molar-refractivity contribution in [2.24, 2.45) is 0 Å². The number of rotatable bonds is 5. The molecule has 1 aromatic heterocycles. The van der Waals surface area contributed by atoms with Crippen molar-refractivity contribution in [3.8, 4) is 5.88 Å². The van der Waals surface area contributed by atoms with E-state index in [1.165, 1.54) is 18.3 Å². The second-order valence-corrected chi connectivity index (χ2v) is 7.20. The number of morpholine rings is 1. The Hall–Kier alpha value is -1.96. The zero-order chi connectivity index (χ0) is 19.2. The summed E-state index contributed by atoms with van der Waals surface area (Å²) in [5, 5.41) is 0.535. The molecule has 5 nitrogen and oxygen atoms in total. The van der Waals surface area contributed by atoms with E-state index >= 15 is 0 Å². The molecule has 1 fully saturated rings.